The normalized spacial score (nSPS) is 3.00. The molecule has 0 saturated carbocycles. The molecule has 0 heterocycles. The molecule has 0 nitrogen and oxygen atoms in total. The molecule has 0 unspecified atom stereocenters. The van der Waals surface area contributed by atoms with E-state index in [-0.39, 0.29) is 0 Å². The Bertz CT molecular complexity index is 6.00. The zero-order valence-electron chi connectivity index (χ0n) is 1.51. The first-order chi connectivity index (χ1) is 2.00. The predicted molar refractivity (Wildman–Crippen MR) is 37.7 cm³/mol. The zero-order valence-corrected chi connectivity index (χ0v) is 7.60. The number of hydrogen-bond donors (Lipinski definition) is 0. The molecule has 0 saturated heterocycles. The molecule has 0 bridgehead atoms. The molecule has 0 spiro atoms. The molecule has 0 rings (SSSR count). The molecule has 0 atom stereocenters. The van der Waals surface area contributed by atoms with Crippen LogP contribution in [0.5, 0.6) is 0 Å². The Balaban J connectivity index is 0. The first-order valence-corrected chi connectivity index (χ1v) is 7.21. The van der Waals surface area contributed by atoms with E-state index in [1.165, 1.54) is 0 Å². The maximum Gasteiger partial charge on any atom is 0.0341 e. The van der Waals surface area contributed by atoms with Crippen LogP contribution in [0.3, 0.4) is 0 Å². The molecular weight excluding hydrogens is 322 g/mol. The molecule has 0 N–H and O–H groups in total. The summed E-state index contributed by atoms with van der Waals surface area (Å²) in [5.74, 6) is 0. The molecule has 0 aromatic rings. The monoisotopic (exact) mass is 320 g/mol. The Morgan fingerprint density at radius 3 is 1.25 bits per heavy atom. The summed E-state index contributed by atoms with van der Waals surface area (Å²) in [6.45, 7) is 0. The number of hydrogen-bond acceptors (Lipinski definition) is 0. The van der Waals surface area contributed by atoms with Crippen molar-refractivity contribution in [3.05, 3.63) is 0 Å². The minimum absolute atomic E-state index is 1.96. The van der Waals surface area contributed by atoms with E-state index in [9.17, 15) is 0 Å². The van der Waals surface area contributed by atoms with Gasteiger partial charge in [-0.1, -0.05) is 0 Å². The fraction of sp³-hybridized carbons (Fsp3) is 0. The van der Waals surface area contributed by atoms with Gasteiger partial charge in [-0.05, 0) is 22.8 Å². The van der Waals surface area contributed by atoms with Crippen molar-refractivity contribution in [2.24, 2.45) is 0 Å². The van der Waals surface area contributed by atoms with Crippen molar-refractivity contribution in [1.29, 1.82) is 0 Å². The van der Waals surface area contributed by atoms with Crippen LogP contribution < -0.4 is 0 Å². The van der Waals surface area contributed by atoms with E-state index in [0.29, 0.717) is 0 Å². The minimum Gasteiger partial charge on any atom is -0.0341 e. The van der Waals surface area contributed by atoms with Crippen LogP contribution in [0.1, 0.15) is 0 Å². The van der Waals surface area contributed by atoms with E-state index in [2.05, 4.69) is 37.8 Å². The van der Waals surface area contributed by atoms with Gasteiger partial charge in [-0.25, -0.2) is 0 Å². The lowest BCUT2D eigenvalue weighted by Gasteiger charge is -1.00. The lowest BCUT2D eigenvalue weighted by atomic mass is 35.4. The van der Waals surface area contributed by atoms with Gasteiger partial charge < -0.3 is 0 Å². The van der Waals surface area contributed by atoms with Crippen LogP contribution in [0, 0.1) is 0 Å². The summed E-state index contributed by atoms with van der Waals surface area (Å²) in [5.41, 5.74) is 0. The summed E-state index contributed by atoms with van der Waals surface area (Å²) < 4.78 is 0. The van der Waals surface area contributed by atoms with Gasteiger partial charge in [0.15, 0.2) is 0 Å². The smallest absolute Gasteiger partial charge is 0.0341 e. The van der Waals surface area contributed by atoms with Crippen LogP contribution in [0.4, 0.5) is 0 Å². The van der Waals surface area contributed by atoms with Gasteiger partial charge in [0.2, 0.25) is 0 Å². The second-order valence-electron chi connectivity index (χ2n) is 0. The summed E-state index contributed by atoms with van der Waals surface area (Å²) in [6.07, 6.45) is 0. The van der Waals surface area contributed by atoms with Crippen LogP contribution in [-0.2, 0) is 0 Å². The largest absolute Gasteiger partial charge is 0.0341 e. The SMILES string of the molecule is BrI.ClBr. The standard InChI is InChI=1S/BrCl.BrI/c2*1-2. The lowest BCUT2D eigenvalue weighted by Crippen LogP contribution is -0.235. The summed E-state index contributed by atoms with van der Waals surface area (Å²) in [6, 6.07) is 0. The van der Waals surface area contributed by atoms with Gasteiger partial charge in [0.25, 0.3) is 0 Å². The summed E-state index contributed by atoms with van der Waals surface area (Å²) in [5, 5.41) is 0. The van der Waals surface area contributed by atoms with Crippen molar-refractivity contribution >= 4 is 58.2 Å². The van der Waals surface area contributed by atoms with Crippen molar-refractivity contribution in [2.75, 3.05) is 0 Å². The molecule has 0 aliphatic carbocycles. The molecule has 0 amide bonds. The first kappa shape index (κ1) is 9.36. The van der Waals surface area contributed by atoms with Gasteiger partial charge in [-0.15, -0.1) is 0 Å². The topological polar surface area (TPSA) is 0 Å². The van der Waals surface area contributed by atoms with Gasteiger partial charge in [-0.3, -0.25) is 0 Å². The third-order valence-electron chi connectivity index (χ3n) is 0. The minimum atomic E-state index is 1.96. The Hall–Kier alpha value is 1.98. The van der Waals surface area contributed by atoms with E-state index in [0.717, 1.165) is 0 Å². The second kappa shape index (κ2) is 20.1. The van der Waals surface area contributed by atoms with Gasteiger partial charge in [0, 0.05) is 35.4 Å². The Labute approximate surface area is 57.5 Å². The summed E-state index contributed by atoms with van der Waals surface area (Å²) >= 11 is 7.28. The molecule has 4 heteroatoms. The highest BCUT2D eigenvalue weighted by Crippen LogP contribution is 1.87. The van der Waals surface area contributed by atoms with Crippen LogP contribution in [0.2, 0.25) is 0 Å². The second-order valence-corrected chi connectivity index (χ2v) is 0. The molecule has 4 heavy (non-hydrogen) atoms. The highest BCUT2D eigenvalue weighted by atomic mass is 127. The average molecular weight is 322 g/mol. The van der Waals surface area contributed by atoms with Crippen molar-refractivity contribution in [3.63, 3.8) is 0 Å². The van der Waals surface area contributed by atoms with Gasteiger partial charge in [-0.2, -0.15) is 0 Å². The van der Waals surface area contributed by atoms with Crippen molar-refractivity contribution < 1.29 is 0 Å². The van der Waals surface area contributed by atoms with Gasteiger partial charge in [0.05, 0.1) is 0 Å². The average Bonchev–Trinajstić information content (AvgIpc) is 1.50. The first-order valence-electron chi connectivity index (χ1n) is 0.286. The van der Waals surface area contributed by atoms with Crippen LogP contribution >= 0.6 is 58.2 Å². The maximum absolute atomic E-state index is 4.45. The molecule has 0 aliphatic rings. The quantitative estimate of drug-likeness (QED) is 0.601. The van der Waals surface area contributed by atoms with E-state index < -0.39 is 0 Å². The summed E-state index contributed by atoms with van der Waals surface area (Å²) in [7, 11) is 4.45. The highest BCUT2D eigenvalue weighted by Gasteiger charge is 1.00. The van der Waals surface area contributed by atoms with Gasteiger partial charge in [0.1, 0.15) is 0 Å². The highest BCUT2D eigenvalue weighted by molar-refractivity contribution is 14.2. The number of rotatable bonds is 0. The predicted octanol–water partition coefficient (Wildman–Crippen LogP) is 3.27. The Morgan fingerprint density at radius 2 is 1.25 bits per heavy atom. The van der Waals surface area contributed by atoms with Crippen molar-refractivity contribution in [1.82, 2.24) is 0 Å². The van der Waals surface area contributed by atoms with Crippen LogP contribution in [-0.4, -0.2) is 0 Å². The number of halogens is 4. The molecule has 0 aromatic heterocycles. The molecule has 0 fully saturated rings. The van der Waals surface area contributed by atoms with Crippen LogP contribution in [0.15, 0.2) is 0 Å². The third-order valence-corrected chi connectivity index (χ3v) is 0. The molecular formula is Br2ClI. The van der Waals surface area contributed by atoms with E-state index in [1.54, 1.807) is 0 Å². The van der Waals surface area contributed by atoms with E-state index >= 15 is 0 Å². The summed E-state index contributed by atoms with van der Waals surface area (Å²) in [4.78, 5) is 0. The van der Waals surface area contributed by atoms with Crippen LogP contribution in [0.25, 0.3) is 0 Å². The molecule has 28 valence electrons. The lowest BCUT2D eigenvalue weighted by molar-refractivity contribution is 5.56. The Morgan fingerprint density at radius 1 is 1.25 bits per heavy atom. The van der Waals surface area contributed by atoms with Gasteiger partial charge >= 0.3 is 0 Å². The zero-order chi connectivity index (χ0) is 4.00. The third kappa shape index (κ3) is 9.02. The fourth-order valence-electron chi connectivity index (χ4n) is 0. The fourth-order valence-corrected chi connectivity index (χ4v) is 0. The molecule has 0 aromatic carbocycles. The van der Waals surface area contributed by atoms with Crippen molar-refractivity contribution in [3.8, 4) is 0 Å². The molecule has 0 aliphatic heterocycles. The molecule has 0 radical (unpaired) electrons. The van der Waals surface area contributed by atoms with Crippen molar-refractivity contribution in [2.45, 2.75) is 0 Å². The van der Waals surface area contributed by atoms with E-state index in [4.69, 9.17) is 0 Å². The van der Waals surface area contributed by atoms with E-state index in [1.807, 2.05) is 20.4 Å². The maximum atomic E-state index is 4.45. The Kier molecular flexibility index (Phi) is 47.1.